The first-order chi connectivity index (χ1) is 25.3. The maximum absolute atomic E-state index is 5.42. The fraction of sp³-hybridized carbons (Fsp3) is 0. The van der Waals surface area contributed by atoms with Crippen molar-refractivity contribution >= 4 is 71.3 Å². The van der Waals surface area contributed by atoms with E-state index in [2.05, 4.69) is 175 Å². The number of rotatable bonds is 5. The quantitative estimate of drug-likeness (QED) is 0.174. The van der Waals surface area contributed by atoms with E-state index in [-0.39, 0.29) is 0 Å². The summed E-state index contributed by atoms with van der Waals surface area (Å²) in [7, 11) is 0. The third-order valence-corrected chi connectivity index (χ3v) is 9.83. The van der Waals surface area contributed by atoms with Gasteiger partial charge in [0.15, 0.2) is 0 Å². The molecule has 0 saturated carbocycles. The van der Waals surface area contributed by atoms with Crippen LogP contribution in [0.2, 0.25) is 0 Å². The zero-order chi connectivity index (χ0) is 33.7. The number of benzene rings is 7. The number of pyridine rings is 3. The minimum atomic E-state index is 0.894. The Morgan fingerprint density at radius 3 is 1.78 bits per heavy atom. The first-order valence-electron chi connectivity index (χ1n) is 17.2. The van der Waals surface area contributed by atoms with Gasteiger partial charge in [0.05, 0.1) is 27.9 Å². The molecule has 10 aromatic rings. The van der Waals surface area contributed by atoms with Crippen LogP contribution in [0.5, 0.6) is 0 Å². The van der Waals surface area contributed by atoms with E-state index in [1.807, 2.05) is 12.3 Å². The standard InChI is InChI=1S/C47H30N4/c1-3-14-35(15-4-1)51(36-16-5-2-6-17-36)37-26-23-32(24-27-37)45-44-40(42-28-25-33-22-21-31-13-11-29-48-46(31)47(33)50-42)30-34-12-7-8-18-38(34)43(44)39-19-9-10-20-41(39)49-45/h1-30H. The Morgan fingerprint density at radius 2 is 1.02 bits per heavy atom. The van der Waals surface area contributed by atoms with Crippen molar-refractivity contribution in [2.75, 3.05) is 4.90 Å². The van der Waals surface area contributed by atoms with Crippen molar-refractivity contribution in [3.05, 3.63) is 182 Å². The molecule has 3 heterocycles. The van der Waals surface area contributed by atoms with E-state index >= 15 is 0 Å². The summed E-state index contributed by atoms with van der Waals surface area (Å²) in [6.45, 7) is 0. The average Bonchev–Trinajstić information content (AvgIpc) is 3.21. The molecule has 0 spiro atoms. The summed E-state index contributed by atoms with van der Waals surface area (Å²) in [4.78, 5) is 17.8. The van der Waals surface area contributed by atoms with Crippen molar-refractivity contribution in [1.29, 1.82) is 0 Å². The van der Waals surface area contributed by atoms with Gasteiger partial charge in [-0.3, -0.25) is 4.98 Å². The van der Waals surface area contributed by atoms with Crippen molar-refractivity contribution in [3.63, 3.8) is 0 Å². The van der Waals surface area contributed by atoms with Crippen molar-refractivity contribution in [2.45, 2.75) is 0 Å². The molecule has 51 heavy (non-hydrogen) atoms. The van der Waals surface area contributed by atoms with Gasteiger partial charge >= 0.3 is 0 Å². The summed E-state index contributed by atoms with van der Waals surface area (Å²) in [5.74, 6) is 0. The topological polar surface area (TPSA) is 41.9 Å². The van der Waals surface area contributed by atoms with Crippen LogP contribution in [0.4, 0.5) is 17.1 Å². The molecule has 0 N–H and O–H groups in total. The summed E-state index contributed by atoms with van der Waals surface area (Å²) in [6.07, 6.45) is 1.84. The highest BCUT2D eigenvalue weighted by atomic mass is 15.1. The summed E-state index contributed by atoms with van der Waals surface area (Å²) in [5, 5.41) is 7.89. The van der Waals surface area contributed by atoms with Crippen LogP contribution in [-0.4, -0.2) is 15.0 Å². The highest BCUT2D eigenvalue weighted by molar-refractivity contribution is 6.26. The third-order valence-electron chi connectivity index (χ3n) is 9.83. The van der Waals surface area contributed by atoms with Crippen LogP contribution in [0, 0.1) is 0 Å². The van der Waals surface area contributed by atoms with E-state index in [0.717, 1.165) is 83.1 Å². The van der Waals surface area contributed by atoms with Gasteiger partial charge in [-0.1, -0.05) is 115 Å². The summed E-state index contributed by atoms with van der Waals surface area (Å²) in [5.41, 5.74) is 9.95. The van der Waals surface area contributed by atoms with Gasteiger partial charge in [0.1, 0.15) is 0 Å². The van der Waals surface area contributed by atoms with Crippen LogP contribution >= 0.6 is 0 Å². The van der Waals surface area contributed by atoms with Gasteiger partial charge in [-0.15, -0.1) is 0 Å². The molecule has 0 bridgehead atoms. The van der Waals surface area contributed by atoms with E-state index in [4.69, 9.17) is 15.0 Å². The number of anilines is 3. The Labute approximate surface area is 294 Å². The second-order valence-corrected chi connectivity index (χ2v) is 12.8. The molecule has 0 saturated heterocycles. The molecule has 0 unspecified atom stereocenters. The molecule has 3 aromatic heterocycles. The van der Waals surface area contributed by atoms with Crippen LogP contribution < -0.4 is 4.90 Å². The second-order valence-electron chi connectivity index (χ2n) is 12.8. The Kier molecular flexibility index (Phi) is 6.78. The second kappa shape index (κ2) is 11.9. The van der Waals surface area contributed by atoms with Gasteiger partial charge in [0.2, 0.25) is 0 Å². The predicted octanol–water partition coefficient (Wildman–Crippen LogP) is 12.4. The summed E-state index contributed by atoms with van der Waals surface area (Å²) < 4.78 is 0. The molecule has 0 amide bonds. The van der Waals surface area contributed by atoms with E-state index in [9.17, 15) is 0 Å². The van der Waals surface area contributed by atoms with E-state index < -0.39 is 0 Å². The normalized spacial score (nSPS) is 11.5. The molecule has 7 aromatic carbocycles. The van der Waals surface area contributed by atoms with E-state index in [1.165, 1.54) is 10.8 Å². The maximum Gasteiger partial charge on any atom is 0.0972 e. The molecule has 0 fully saturated rings. The molecule has 0 radical (unpaired) electrons. The first-order valence-corrected chi connectivity index (χ1v) is 17.2. The number of aromatic nitrogens is 3. The number of nitrogens with zero attached hydrogens (tertiary/aromatic N) is 4. The molecule has 238 valence electrons. The monoisotopic (exact) mass is 650 g/mol. The van der Waals surface area contributed by atoms with Gasteiger partial charge in [-0.05, 0) is 71.4 Å². The molecule has 0 atom stereocenters. The lowest BCUT2D eigenvalue weighted by Gasteiger charge is -2.25. The molecule has 4 heteroatoms. The van der Waals surface area contributed by atoms with E-state index in [0.29, 0.717) is 0 Å². The van der Waals surface area contributed by atoms with Crippen molar-refractivity contribution < 1.29 is 0 Å². The molecule has 0 aliphatic heterocycles. The van der Waals surface area contributed by atoms with E-state index in [1.54, 1.807) is 0 Å². The van der Waals surface area contributed by atoms with Crippen molar-refractivity contribution in [2.24, 2.45) is 0 Å². The average molecular weight is 651 g/mol. The Bertz CT molecular complexity index is 2850. The lowest BCUT2D eigenvalue weighted by Crippen LogP contribution is -2.09. The fourth-order valence-electron chi connectivity index (χ4n) is 7.49. The number of hydrogen-bond acceptors (Lipinski definition) is 4. The van der Waals surface area contributed by atoms with Crippen LogP contribution in [0.3, 0.4) is 0 Å². The van der Waals surface area contributed by atoms with Crippen molar-refractivity contribution in [3.8, 4) is 22.5 Å². The Balaban J connectivity index is 1.25. The highest BCUT2D eigenvalue weighted by Crippen LogP contribution is 2.44. The van der Waals surface area contributed by atoms with Gasteiger partial charge < -0.3 is 4.90 Å². The smallest absolute Gasteiger partial charge is 0.0972 e. The van der Waals surface area contributed by atoms with Gasteiger partial charge in [0.25, 0.3) is 0 Å². The molecule has 0 aliphatic rings. The summed E-state index contributed by atoms with van der Waals surface area (Å²) in [6, 6.07) is 61.8. The zero-order valence-corrected chi connectivity index (χ0v) is 27.6. The largest absolute Gasteiger partial charge is 0.311 e. The maximum atomic E-state index is 5.42. The van der Waals surface area contributed by atoms with Gasteiger partial charge in [0, 0.05) is 61.3 Å². The van der Waals surface area contributed by atoms with Gasteiger partial charge in [-0.2, -0.15) is 0 Å². The minimum absolute atomic E-state index is 0.894. The van der Waals surface area contributed by atoms with Crippen LogP contribution in [-0.2, 0) is 0 Å². The lowest BCUT2D eigenvalue weighted by atomic mass is 9.90. The third kappa shape index (κ3) is 4.88. The van der Waals surface area contributed by atoms with Crippen LogP contribution in [0.25, 0.3) is 76.8 Å². The fourth-order valence-corrected chi connectivity index (χ4v) is 7.49. The molecular weight excluding hydrogens is 621 g/mol. The Hall–Kier alpha value is -6.91. The van der Waals surface area contributed by atoms with Crippen molar-refractivity contribution in [1.82, 2.24) is 15.0 Å². The molecule has 4 nitrogen and oxygen atoms in total. The number of fused-ring (bicyclic) bond motifs is 8. The van der Waals surface area contributed by atoms with Crippen LogP contribution in [0.1, 0.15) is 0 Å². The van der Waals surface area contributed by atoms with Crippen LogP contribution in [0.15, 0.2) is 182 Å². The number of hydrogen-bond donors (Lipinski definition) is 0. The predicted molar refractivity (Wildman–Crippen MR) is 213 cm³/mol. The number of para-hydroxylation sites is 3. The minimum Gasteiger partial charge on any atom is -0.311 e. The Morgan fingerprint density at radius 1 is 0.412 bits per heavy atom. The highest BCUT2D eigenvalue weighted by Gasteiger charge is 2.20. The molecular formula is C47H30N4. The summed E-state index contributed by atoms with van der Waals surface area (Å²) >= 11 is 0. The molecule has 10 rings (SSSR count). The SMILES string of the molecule is c1ccc(N(c2ccccc2)c2ccc(-c3nc4ccccc4c4c3c(-c3ccc5ccc6cccnc6c5n3)cc3ccccc34)cc2)cc1. The first kappa shape index (κ1) is 29.0. The zero-order valence-electron chi connectivity index (χ0n) is 27.6. The molecule has 0 aliphatic carbocycles. The van der Waals surface area contributed by atoms with Gasteiger partial charge in [-0.25, -0.2) is 9.97 Å². The lowest BCUT2D eigenvalue weighted by molar-refractivity contribution is 1.28.